The van der Waals surface area contributed by atoms with Crippen LogP contribution >= 0.6 is 24.0 Å². The van der Waals surface area contributed by atoms with Crippen molar-refractivity contribution in [2.45, 2.75) is 12.8 Å². The summed E-state index contributed by atoms with van der Waals surface area (Å²) in [5.74, 6) is -0.260. The number of rotatable bonds is 3. The van der Waals surface area contributed by atoms with Crippen molar-refractivity contribution in [3.63, 3.8) is 0 Å². The molecule has 0 fully saturated rings. The molecule has 15 heavy (non-hydrogen) atoms. The van der Waals surface area contributed by atoms with Gasteiger partial charge in [-0.15, -0.1) is 12.4 Å². The molecular weight excluding hydrogens is 237 g/mol. The molecule has 0 heterocycles. The number of anilines is 1. The highest BCUT2D eigenvalue weighted by Gasteiger charge is 2.07. The molecule has 0 aliphatic rings. The Hall–Kier alpha value is -0.930. The number of methoxy groups -OCH3 is 1. The van der Waals surface area contributed by atoms with Crippen molar-refractivity contribution in [2.75, 3.05) is 12.8 Å². The largest absolute Gasteiger partial charge is 0.469 e. The topological polar surface area (TPSA) is 52.3 Å². The van der Waals surface area contributed by atoms with Gasteiger partial charge in [-0.25, -0.2) is 0 Å². The van der Waals surface area contributed by atoms with Gasteiger partial charge in [-0.2, -0.15) is 0 Å². The third-order valence-electron chi connectivity index (χ3n) is 1.96. The number of carbonyl (C=O) groups is 1. The van der Waals surface area contributed by atoms with E-state index in [1.165, 1.54) is 7.11 Å². The van der Waals surface area contributed by atoms with E-state index in [1.807, 2.05) is 0 Å². The van der Waals surface area contributed by atoms with Crippen LogP contribution in [0.25, 0.3) is 0 Å². The fourth-order valence-corrected chi connectivity index (χ4v) is 1.44. The molecule has 0 saturated heterocycles. The van der Waals surface area contributed by atoms with Crippen LogP contribution in [0, 0.1) is 0 Å². The van der Waals surface area contributed by atoms with Crippen molar-refractivity contribution in [1.29, 1.82) is 0 Å². The summed E-state index contributed by atoms with van der Waals surface area (Å²) in [6.45, 7) is 0. The fraction of sp³-hybridized carbons (Fsp3) is 0.300. The highest BCUT2D eigenvalue weighted by molar-refractivity contribution is 6.31. The zero-order valence-electron chi connectivity index (χ0n) is 8.33. The molecule has 84 valence electrons. The van der Waals surface area contributed by atoms with E-state index in [9.17, 15) is 4.79 Å². The lowest BCUT2D eigenvalue weighted by Crippen LogP contribution is -2.04. The Balaban J connectivity index is 0.00000196. The summed E-state index contributed by atoms with van der Waals surface area (Å²) in [6.07, 6.45) is 0.808. The van der Waals surface area contributed by atoms with E-state index >= 15 is 0 Å². The predicted molar refractivity (Wildman–Crippen MR) is 63.4 cm³/mol. The molecule has 0 radical (unpaired) electrons. The quantitative estimate of drug-likeness (QED) is 0.662. The maximum Gasteiger partial charge on any atom is 0.305 e. The molecule has 0 saturated carbocycles. The number of nitrogen functional groups attached to an aromatic ring is 1. The number of hydrogen-bond donors (Lipinski definition) is 1. The molecule has 0 bridgehead atoms. The summed E-state index contributed by atoms with van der Waals surface area (Å²) < 4.78 is 4.53. The molecule has 2 N–H and O–H groups in total. The molecule has 0 aromatic heterocycles. The SMILES string of the molecule is COC(=O)CCc1c(N)cccc1Cl.Cl. The molecule has 5 heteroatoms. The second-order valence-electron chi connectivity index (χ2n) is 2.88. The Morgan fingerprint density at radius 2 is 2.20 bits per heavy atom. The lowest BCUT2D eigenvalue weighted by molar-refractivity contribution is -0.140. The molecule has 1 aromatic rings. The summed E-state index contributed by atoms with van der Waals surface area (Å²) in [5, 5.41) is 0.592. The van der Waals surface area contributed by atoms with Gasteiger partial charge in [0.05, 0.1) is 7.11 Å². The Kier molecular flexibility index (Phi) is 6.13. The first-order chi connectivity index (χ1) is 6.65. The van der Waals surface area contributed by atoms with E-state index in [4.69, 9.17) is 17.3 Å². The van der Waals surface area contributed by atoms with Crippen LogP contribution in [0.3, 0.4) is 0 Å². The standard InChI is InChI=1S/C10H12ClNO2.ClH/c1-14-10(13)6-5-7-8(11)3-2-4-9(7)12;/h2-4H,5-6,12H2,1H3;1H. The summed E-state index contributed by atoms with van der Waals surface area (Å²) in [5.41, 5.74) is 7.13. The van der Waals surface area contributed by atoms with Gasteiger partial charge in [0.15, 0.2) is 0 Å². The number of halogens is 2. The summed E-state index contributed by atoms with van der Waals surface area (Å²) in [7, 11) is 1.36. The summed E-state index contributed by atoms with van der Waals surface area (Å²) >= 11 is 5.92. The molecule has 0 unspecified atom stereocenters. The van der Waals surface area contributed by atoms with Crippen molar-refractivity contribution in [3.05, 3.63) is 28.8 Å². The number of carbonyl (C=O) groups excluding carboxylic acids is 1. The lowest BCUT2D eigenvalue weighted by Gasteiger charge is -2.06. The van der Waals surface area contributed by atoms with Crippen LogP contribution in [-0.2, 0) is 16.0 Å². The van der Waals surface area contributed by atoms with Crippen LogP contribution in [0.4, 0.5) is 5.69 Å². The van der Waals surface area contributed by atoms with Gasteiger partial charge in [0.1, 0.15) is 0 Å². The summed E-state index contributed by atoms with van der Waals surface area (Å²) in [6, 6.07) is 5.29. The molecule has 0 aliphatic carbocycles. The maximum absolute atomic E-state index is 10.9. The molecule has 0 amide bonds. The smallest absolute Gasteiger partial charge is 0.305 e. The van der Waals surface area contributed by atoms with Crippen molar-refractivity contribution in [1.82, 2.24) is 0 Å². The second kappa shape index (κ2) is 6.53. The van der Waals surface area contributed by atoms with Gasteiger partial charge in [-0.3, -0.25) is 4.79 Å². The van der Waals surface area contributed by atoms with E-state index in [2.05, 4.69) is 4.74 Å². The van der Waals surface area contributed by atoms with Crippen molar-refractivity contribution >= 4 is 35.7 Å². The summed E-state index contributed by atoms with van der Waals surface area (Å²) in [4.78, 5) is 10.9. The number of hydrogen-bond acceptors (Lipinski definition) is 3. The zero-order chi connectivity index (χ0) is 10.6. The van der Waals surface area contributed by atoms with Crippen LogP contribution in [0.15, 0.2) is 18.2 Å². The molecule has 0 spiro atoms. The van der Waals surface area contributed by atoms with Crippen molar-refractivity contribution in [2.24, 2.45) is 0 Å². The van der Waals surface area contributed by atoms with Crippen LogP contribution < -0.4 is 5.73 Å². The first-order valence-electron chi connectivity index (χ1n) is 4.25. The average Bonchev–Trinajstić information content (AvgIpc) is 2.16. The predicted octanol–water partition coefficient (Wildman–Crippen LogP) is 2.45. The number of benzene rings is 1. The number of ether oxygens (including phenoxy) is 1. The first-order valence-corrected chi connectivity index (χ1v) is 4.62. The van der Waals surface area contributed by atoms with Gasteiger partial charge in [0.25, 0.3) is 0 Å². The third-order valence-corrected chi connectivity index (χ3v) is 2.32. The van der Waals surface area contributed by atoms with Gasteiger partial charge in [-0.1, -0.05) is 17.7 Å². The van der Waals surface area contributed by atoms with Crippen LogP contribution in [0.1, 0.15) is 12.0 Å². The van der Waals surface area contributed by atoms with Crippen molar-refractivity contribution in [3.8, 4) is 0 Å². The van der Waals surface area contributed by atoms with E-state index < -0.39 is 0 Å². The molecular formula is C10H13Cl2NO2. The van der Waals surface area contributed by atoms with Gasteiger partial charge < -0.3 is 10.5 Å². The van der Waals surface area contributed by atoms with Gasteiger partial charge in [0.2, 0.25) is 0 Å². The third kappa shape index (κ3) is 3.98. The minimum atomic E-state index is -0.260. The van der Waals surface area contributed by atoms with E-state index in [0.717, 1.165) is 5.56 Å². The minimum absolute atomic E-state index is 0. The highest BCUT2D eigenvalue weighted by atomic mass is 35.5. The minimum Gasteiger partial charge on any atom is -0.469 e. The molecule has 1 aromatic carbocycles. The molecule has 0 atom stereocenters. The molecule has 3 nitrogen and oxygen atoms in total. The van der Waals surface area contributed by atoms with Crippen molar-refractivity contribution < 1.29 is 9.53 Å². The number of esters is 1. The fourth-order valence-electron chi connectivity index (χ4n) is 1.17. The van der Waals surface area contributed by atoms with E-state index in [-0.39, 0.29) is 18.4 Å². The average molecular weight is 250 g/mol. The maximum atomic E-state index is 10.9. The Labute approximate surface area is 100.0 Å². The highest BCUT2D eigenvalue weighted by Crippen LogP contribution is 2.23. The number of nitrogens with two attached hydrogens (primary N) is 1. The lowest BCUT2D eigenvalue weighted by atomic mass is 10.1. The van der Waals surface area contributed by atoms with Gasteiger partial charge in [-0.05, 0) is 24.1 Å². The van der Waals surface area contributed by atoms with Crippen LogP contribution in [0.2, 0.25) is 5.02 Å². The molecule has 0 aliphatic heterocycles. The Morgan fingerprint density at radius 1 is 1.53 bits per heavy atom. The van der Waals surface area contributed by atoms with Crippen LogP contribution in [-0.4, -0.2) is 13.1 Å². The van der Waals surface area contributed by atoms with E-state index in [0.29, 0.717) is 23.6 Å². The Morgan fingerprint density at radius 3 is 2.73 bits per heavy atom. The van der Waals surface area contributed by atoms with Crippen LogP contribution in [0.5, 0.6) is 0 Å². The molecule has 1 rings (SSSR count). The van der Waals surface area contributed by atoms with E-state index in [1.54, 1.807) is 18.2 Å². The second-order valence-corrected chi connectivity index (χ2v) is 3.29. The first kappa shape index (κ1) is 14.1. The normalized spacial score (nSPS) is 9.20. The van der Waals surface area contributed by atoms with Gasteiger partial charge in [0, 0.05) is 17.1 Å². The zero-order valence-corrected chi connectivity index (χ0v) is 9.90. The van der Waals surface area contributed by atoms with Gasteiger partial charge >= 0.3 is 5.97 Å². The monoisotopic (exact) mass is 249 g/mol. The Bertz CT molecular complexity index is 322.